The van der Waals surface area contributed by atoms with Gasteiger partial charge in [-0.1, -0.05) is 45.9 Å². The molecule has 0 bridgehead atoms. The maximum absolute atomic E-state index is 12.5. The third-order valence-corrected chi connectivity index (χ3v) is 4.25. The predicted octanol–water partition coefficient (Wildman–Crippen LogP) is 4.95. The van der Waals surface area contributed by atoms with Crippen LogP contribution in [0.25, 0.3) is 0 Å². The molecule has 0 saturated carbocycles. The fraction of sp³-hybridized carbons (Fsp3) is 0.611. The number of carbonyl (C=O) groups is 1. The van der Waals surface area contributed by atoms with Crippen LogP contribution in [0.2, 0.25) is 0 Å². The fourth-order valence-corrected chi connectivity index (χ4v) is 2.98. The summed E-state index contributed by atoms with van der Waals surface area (Å²) in [6.07, 6.45) is 3.48. The highest BCUT2D eigenvalue weighted by atomic mass is 16.2. The van der Waals surface area contributed by atoms with Crippen LogP contribution in [0.4, 0.5) is 10.5 Å². The number of benzene rings is 1. The van der Waals surface area contributed by atoms with Crippen molar-refractivity contribution in [3.8, 4) is 0 Å². The summed E-state index contributed by atoms with van der Waals surface area (Å²) in [7, 11) is 0. The molecule has 0 unspecified atom stereocenters. The summed E-state index contributed by atoms with van der Waals surface area (Å²) in [6, 6.07) is 6.41. The van der Waals surface area contributed by atoms with Gasteiger partial charge in [-0.15, -0.1) is 0 Å². The maximum Gasteiger partial charge on any atom is 0.321 e. The number of hydrogen-bond donors (Lipinski definition) is 1. The topological polar surface area (TPSA) is 32.3 Å². The van der Waals surface area contributed by atoms with Gasteiger partial charge in [0.15, 0.2) is 0 Å². The summed E-state index contributed by atoms with van der Waals surface area (Å²) in [4.78, 5) is 14.5. The SMILES string of the molecule is CC(C)c1cccc(C(C)C)c1NC(=O)N1CCCCC1. The molecule has 116 valence electrons. The Morgan fingerprint density at radius 1 is 1.00 bits per heavy atom. The molecule has 0 radical (unpaired) electrons. The highest BCUT2D eigenvalue weighted by Crippen LogP contribution is 2.32. The molecule has 1 fully saturated rings. The van der Waals surface area contributed by atoms with Gasteiger partial charge in [-0.2, -0.15) is 0 Å². The first-order valence-electron chi connectivity index (χ1n) is 8.19. The molecule has 1 aliphatic rings. The lowest BCUT2D eigenvalue weighted by molar-refractivity contribution is 0.200. The maximum atomic E-state index is 12.5. The second-order valence-electron chi connectivity index (χ2n) is 6.60. The van der Waals surface area contributed by atoms with Crippen LogP contribution in [0.5, 0.6) is 0 Å². The Labute approximate surface area is 128 Å². The Hall–Kier alpha value is -1.51. The first-order valence-corrected chi connectivity index (χ1v) is 8.19. The number of urea groups is 1. The van der Waals surface area contributed by atoms with Crippen molar-refractivity contribution < 1.29 is 4.79 Å². The van der Waals surface area contributed by atoms with Crippen LogP contribution < -0.4 is 5.32 Å². The molecular formula is C18H28N2O. The molecule has 3 heteroatoms. The minimum atomic E-state index is 0.0599. The van der Waals surface area contributed by atoms with Gasteiger partial charge in [-0.05, 0) is 42.2 Å². The monoisotopic (exact) mass is 288 g/mol. The van der Waals surface area contributed by atoms with Crippen molar-refractivity contribution in [3.63, 3.8) is 0 Å². The highest BCUT2D eigenvalue weighted by Gasteiger charge is 2.20. The standard InChI is InChI=1S/C18H28N2O/c1-13(2)15-9-8-10-16(14(3)4)17(15)19-18(21)20-11-6-5-7-12-20/h8-10,13-14H,5-7,11-12H2,1-4H3,(H,19,21). The molecule has 1 aliphatic heterocycles. The largest absolute Gasteiger partial charge is 0.325 e. The van der Waals surface area contributed by atoms with Gasteiger partial charge in [-0.3, -0.25) is 0 Å². The van der Waals surface area contributed by atoms with Gasteiger partial charge in [0, 0.05) is 18.8 Å². The number of nitrogens with zero attached hydrogens (tertiary/aromatic N) is 1. The second kappa shape index (κ2) is 6.97. The molecule has 21 heavy (non-hydrogen) atoms. The molecule has 0 spiro atoms. The van der Waals surface area contributed by atoms with E-state index in [2.05, 4.69) is 51.2 Å². The Morgan fingerprint density at radius 3 is 2.00 bits per heavy atom. The number of nitrogens with one attached hydrogen (secondary N) is 1. The van der Waals surface area contributed by atoms with Crippen LogP contribution in [0.1, 0.15) is 69.9 Å². The average Bonchev–Trinajstić information content (AvgIpc) is 2.47. The molecule has 1 heterocycles. The molecule has 1 aromatic rings. The second-order valence-corrected chi connectivity index (χ2v) is 6.60. The number of para-hydroxylation sites is 1. The van der Waals surface area contributed by atoms with Crippen molar-refractivity contribution in [2.75, 3.05) is 18.4 Å². The average molecular weight is 288 g/mol. The van der Waals surface area contributed by atoms with E-state index >= 15 is 0 Å². The van der Waals surface area contributed by atoms with E-state index in [-0.39, 0.29) is 6.03 Å². The Balaban J connectivity index is 2.26. The quantitative estimate of drug-likeness (QED) is 0.838. The Kier molecular flexibility index (Phi) is 5.27. The summed E-state index contributed by atoms with van der Waals surface area (Å²) >= 11 is 0. The van der Waals surface area contributed by atoms with Gasteiger partial charge < -0.3 is 10.2 Å². The zero-order chi connectivity index (χ0) is 15.4. The van der Waals surface area contributed by atoms with Crippen LogP contribution in [0, 0.1) is 0 Å². The molecule has 1 saturated heterocycles. The Morgan fingerprint density at radius 2 is 1.52 bits per heavy atom. The van der Waals surface area contributed by atoms with Gasteiger partial charge in [-0.25, -0.2) is 4.79 Å². The van der Waals surface area contributed by atoms with Crippen LogP contribution >= 0.6 is 0 Å². The smallest absolute Gasteiger partial charge is 0.321 e. The van der Waals surface area contributed by atoms with E-state index in [0.29, 0.717) is 11.8 Å². The van der Waals surface area contributed by atoms with Crippen LogP contribution in [0.3, 0.4) is 0 Å². The van der Waals surface area contributed by atoms with Gasteiger partial charge in [0.05, 0.1) is 0 Å². The third-order valence-electron chi connectivity index (χ3n) is 4.25. The molecule has 0 aliphatic carbocycles. The summed E-state index contributed by atoms with van der Waals surface area (Å²) in [5.41, 5.74) is 3.48. The summed E-state index contributed by atoms with van der Waals surface area (Å²) < 4.78 is 0. The number of amides is 2. The van der Waals surface area contributed by atoms with Gasteiger partial charge in [0.2, 0.25) is 0 Å². The normalized spacial score (nSPS) is 15.6. The molecule has 3 nitrogen and oxygen atoms in total. The number of carbonyl (C=O) groups excluding carboxylic acids is 1. The van der Waals surface area contributed by atoms with Crippen LogP contribution in [0.15, 0.2) is 18.2 Å². The van der Waals surface area contributed by atoms with Crippen molar-refractivity contribution in [1.29, 1.82) is 0 Å². The van der Waals surface area contributed by atoms with Crippen molar-refractivity contribution >= 4 is 11.7 Å². The van der Waals surface area contributed by atoms with Gasteiger partial charge in [0.1, 0.15) is 0 Å². The molecular weight excluding hydrogens is 260 g/mol. The van der Waals surface area contributed by atoms with Crippen molar-refractivity contribution in [3.05, 3.63) is 29.3 Å². The first kappa shape index (κ1) is 15.9. The van der Waals surface area contributed by atoms with Crippen LogP contribution in [-0.2, 0) is 0 Å². The number of piperidine rings is 1. The highest BCUT2D eigenvalue weighted by molar-refractivity contribution is 5.91. The third kappa shape index (κ3) is 3.78. The summed E-state index contributed by atoms with van der Waals surface area (Å²) in [5, 5.41) is 3.20. The molecule has 0 atom stereocenters. The van der Waals surface area contributed by atoms with Crippen molar-refractivity contribution in [1.82, 2.24) is 4.90 Å². The van der Waals surface area contributed by atoms with Gasteiger partial charge >= 0.3 is 6.03 Å². The van der Waals surface area contributed by atoms with E-state index in [1.165, 1.54) is 17.5 Å². The number of rotatable bonds is 3. The lowest BCUT2D eigenvalue weighted by Gasteiger charge is -2.28. The van der Waals surface area contributed by atoms with E-state index in [1.54, 1.807) is 0 Å². The zero-order valence-electron chi connectivity index (χ0n) is 13.8. The zero-order valence-corrected chi connectivity index (χ0v) is 13.8. The van der Waals surface area contributed by atoms with E-state index in [9.17, 15) is 4.79 Å². The molecule has 2 amide bonds. The molecule has 1 N–H and O–H groups in total. The van der Waals surface area contributed by atoms with Gasteiger partial charge in [0.25, 0.3) is 0 Å². The van der Waals surface area contributed by atoms with E-state index in [0.717, 1.165) is 31.6 Å². The number of hydrogen-bond acceptors (Lipinski definition) is 1. The molecule has 2 rings (SSSR count). The van der Waals surface area contributed by atoms with Crippen molar-refractivity contribution in [2.24, 2.45) is 0 Å². The minimum absolute atomic E-state index is 0.0599. The minimum Gasteiger partial charge on any atom is -0.325 e. The molecule has 1 aromatic carbocycles. The lowest BCUT2D eigenvalue weighted by atomic mass is 9.92. The Bertz CT molecular complexity index is 462. The van der Waals surface area contributed by atoms with Crippen molar-refractivity contribution in [2.45, 2.75) is 58.8 Å². The summed E-state index contributed by atoms with van der Waals surface area (Å²) in [5.74, 6) is 0.806. The number of anilines is 1. The predicted molar refractivity (Wildman–Crippen MR) is 89.1 cm³/mol. The number of likely N-dealkylation sites (tertiary alicyclic amines) is 1. The summed E-state index contributed by atoms with van der Waals surface area (Å²) in [6.45, 7) is 10.5. The van der Waals surface area contributed by atoms with E-state index in [4.69, 9.17) is 0 Å². The van der Waals surface area contributed by atoms with E-state index < -0.39 is 0 Å². The first-order chi connectivity index (χ1) is 10.0. The van der Waals surface area contributed by atoms with E-state index in [1.807, 2.05) is 4.90 Å². The fourth-order valence-electron chi connectivity index (χ4n) is 2.98. The molecule has 0 aromatic heterocycles. The van der Waals surface area contributed by atoms with Crippen LogP contribution in [-0.4, -0.2) is 24.0 Å². The lowest BCUT2D eigenvalue weighted by Crippen LogP contribution is -2.39.